The van der Waals surface area contributed by atoms with Crippen LogP contribution in [-0.2, 0) is 32.5 Å². The van der Waals surface area contributed by atoms with Crippen LogP contribution in [0, 0.1) is 29.6 Å². The highest BCUT2D eigenvalue weighted by atomic mass is 16.4. The number of aryl methyl sites for hydroxylation is 1. The van der Waals surface area contributed by atoms with Crippen LogP contribution < -0.4 is 9.80 Å². The zero-order valence-corrected chi connectivity index (χ0v) is 45.8. The van der Waals surface area contributed by atoms with Gasteiger partial charge in [-0.05, 0) is 197 Å². The van der Waals surface area contributed by atoms with Gasteiger partial charge in [-0.1, -0.05) is 152 Å². The van der Waals surface area contributed by atoms with Crippen molar-refractivity contribution in [3.05, 3.63) is 154 Å². The topological polar surface area (TPSA) is 19.6 Å². The Balaban J connectivity index is 1.17. The summed E-state index contributed by atoms with van der Waals surface area (Å²) in [7, 11) is 0. The number of allylic oxidation sites excluding steroid dienone is 3. The van der Waals surface area contributed by atoms with Crippen LogP contribution in [0.3, 0.4) is 0 Å². The van der Waals surface area contributed by atoms with E-state index in [-0.39, 0.29) is 43.3 Å². The van der Waals surface area contributed by atoms with Crippen molar-refractivity contribution in [2.24, 2.45) is 22.7 Å². The van der Waals surface area contributed by atoms with Crippen molar-refractivity contribution < 1.29 is 4.42 Å². The molecule has 7 aliphatic carbocycles. The molecule has 1 heterocycles. The molecule has 0 radical (unpaired) electrons. The van der Waals surface area contributed by atoms with E-state index in [1.54, 1.807) is 11.1 Å². The van der Waals surface area contributed by atoms with Gasteiger partial charge >= 0.3 is 0 Å². The van der Waals surface area contributed by atoms with Gasteiger partial charge in [-0.3, -0.25) is 4.90 Å². The van der Waals surface area contributed by atoms with Crippen molar-refractivity contribution in [2.45, 2.75) is 201 Å². The first kappa shape index (κ1) is 47.6. The Kier molecular flexibility index (Phi) is 10.6. The van der Waals surface area contributed by atoms with Gasteiger partial charge < -0.3 is 9.32 Å². The fourth-order valence-corrected chi connectivity index (χ4v) is 14.7. The third-order valence-electron chi connectivity index (χ3n) is 20.2. The minimum Gasteiger partial charge on any atom is -0.444 e. The standard InChI is InChI=1S/C67H84N2O/c1-43-35-47(68(45-21-23-50-52(38-45)61(4,5)26-25-60(50,2)3)46-22-24-51-55(39-46)67(15)33-31-66(51,14)32-34-67)37-48(36-43)69(58-42-56-59(70-58)65(12,13)30-29-64(56,10)11)57-41-54-53(62(6,7)27-28-63(54,8)9)40-49(57)44-19-17-16-18-20-44/h16-24,35-42,53-54H,25-34H2,1-15H3. The summed E-state index contributed by atoms with van der Waals surface area (Å²) in [6.45, 7) is 36.9. The van der Waals surface area contributed by atoms with Gasteiger partial charge in [0.2, 0.25) is 5.88 Å². The fourth-order valence-electron chi connectivity index (χ4n) is 14.7. The molecule has 0 amide bonds. The average Bonchev–Trinajstić information content (AvgIpc) is 3.78. The predicted molar refractivity (Wildman–Crippen MR) is 297 cm³/mol. The van der Waals surface area contributed by atoms with Gasteiger partial charge in [0, 0.05) is 39.7 Å². The Morgan fingerprint density at radius 1 is 0.414 bits per heavy atom. The summed E-state index contributed by atoms with van der Waals surface area (Å²) in [6, 6.07) is 36.1. The monoisotopic (exact) mass is 933 g/mol. The third kappa shape index (κ3) is 7.54. The zero-order chi connectivity index (χ0) is 49.8. The van der Waals surface area contributed by atoms with Crippen molar-refractivity contribution in [3.63, 3.8) is 0 Å². The molecule has 2 saturated carbocycles. The molecule has 0 aliphatic heterocycles. The van der Waals surface area contributed by atoms with Crippen LogP contribution in [-0.4, -0.2) is 0 Å². The van der Waals surface area contributed by atoms with Crippen molar-refractivity contribution >= 4 is 34.2 Å². The zero-order valence-electron chi connectivity index (χ0n) is 45.8. The quantitative estimate of drug-likeness (QED) is 0.162. The van der Waals surface area contributed by atoms with Gasteiger partial charge in [-0.2, -0.15) is 0 Å². The molecule has 2 bridgehead atoms. The van der Waals surface area contributed by atoms with Crippen molar-refractivity contribution in [3.8, 4) is 0 Å². The molecule has 0 N–H and O–H groups in total. The lowest BCUT2D eigenvalue weighted by atomic mass is 9.52. The van der Waals surface area contributed by atoms with Crippen molar-refractivity contribution in [1.82, 2.24) is 0 Å². The van der Waals surface area contributed by atoms with Crippen molar-refractivity contribution in [1.29, 1.82) is 0 Å². The highest BCUT2D eigenvalue weighted by Crippen LogP contribution is 2.60. The Morgan fingerprint density at radius 2 is 0.914 bits per heavy atom. The maximum Gasteiger partial charge on any atom is 0.204 e. The molecule has 2 unspecified atom stereocenters. The van der Waals surface area contributed by atoms with E-state index in [1.807, 2.05) is 0 Å². The number of anilines is 5. The largest absolute Gasteiger partial charge is 0.444 e. The molecule has 4 aromatic carbocycles. The van der Waals surface area contributed by atoms with Gasteiger partial charge in [0.1, 0.15) is 5.76 Å². The summed E-state index contributed by atoms with van der Waals surface area (Å²) in [6.07, 6.45) is 17.5. The van der Waals surface area contributed by atoms with E-state index in [2.05, 4.69) is 217 Å². The smallest absolute Gasteiger partial charge is 0.204 e. The summed E-state index contributed by atoms with van der Waals surface area (Å²) in [5.41, 5.74) is 18.2. The Bertz CT molecular complexity index is 2880. The van der Waals surface area contributed by atoms with Crippen LogP contribution in [0.25, 0.3) is 5.57 Å². The molecule has 0 saturated heterocycles. The number of rotatable bonds is 7. The molecule has 3 heteroatoms. The third-order valence-corrected chi connectivity index (χ3v) is 20.2. The summed E-state index contributed by atoms with van der Waals surface area (Å²) in [5, 5.41) is 0. The molecular weight excluding hydrogens is 849 g/mol. The normalized spacial score (nSPS) is 28.0. The van der Waals surface area contributed by atoms with Crippen LogP contribution in [0.1, 0.15) is 206 Å². The average molecular weight is 933 g/mol. The first-order chi connectivity index (χ1) is 32.7. The molecule has 5 aromatic rings. The summed E-state index contributed by atoms with van der Waals surface area (Å²) in [4.78, 5) is 5.17. The fraction of sp³-hybridized carbons (Fsp3) is 0.522. The van der Waals surface area contributed by atoms with E-state index in [0.29, 0.717) is 11.8 Å². The summed E-state index contributed by atoms with van der Waals surface area (Å²) >= 11 is 0. The van der Waals surface area contributed by atoms with E-state index >= 15 is 0 Å². The Morgan fingerprint density at radius 3 is 1.51 bits per heavy atom. The van der Waals surface area contributed by atoms with Crippen LogP contribution >= 0.6 is 0 Å². The van der Waals surface area contributed by atoms with Gasteiger partial charge in [0.15, 0.2) is 0 Å². The molecule has 7 aliphatic rings. The Labute approximate surface area is 423 Å². The van der Waals surface area contributed by atoms with E-state index in [0.717, 1.165) is 30.2 Å². The molecule has 3 nitrogen and oxygen atoms in total. The lowest BCUT2D eigenvalue weighted by Crippen LogP contribution is -2.44. The summed E-state index contributed by atoms with van der Waals surface area (Å²) < 4.78 is 7.51. The second-order valence-electron chi connectivity index (χ2n) is 28.2. The van der Waals surface area contributed by atoms with Crippen molar-refractivity contribution in [2.75, 3.05) is 9.80 Å². The lowest BCUT2D eigenvalue weighted by molar-refractivity contribution is 0.0331. The van der Waals surface area contributed by atoms with Gasteiger partial charge in [0.05, 0.1) is 11.4 Å². The number of nitrogens with zero attached hydrogens (tertiary/aromatic N) is 2. The number of fused-ring (bicyclic) bond motifs is 5. The van der Waals surface area contributed by atoms with E-state index < -0.39 is 0 Å². The summed E-state index contributed by atoms with van der Waals surface area (Å²) in [5.74, 6) is 2.82. The van der Waals surface area contributed by atoms with Gasteiger partial charge in [-0.25, -0.2) is 0 Å². The van der Waals surface area contributed by atoms with Crippen LogP contribution in [0.5, 0.6) is 0 Å². The number of hydrogen-bond acceptors (Lipinski definition) is 3. The first-order valence-electron chi connectivity index (χ1n) is 27.4. The van der Waals surface area contributed by atoms with Crippen LogP contribution in [0.15, 0.2) is 113 Å². The Hall–Kier alpha value is -4.76. The van der Waals surface area contributed by atoms with Gasteiger partial charge in [-0.15, -0.1) is 0 Å². The van der Waals surface area contributed by atoms with E-state index in [4.69, 9.17) is 4.42 Å². The minimum absolute atomic E-state index is 0.000750. The molecule has 368 valence electrons. The molecule has 1 aromatic heterocycles. The number of furan rings is 1. The SMILES string of the molecule is Cc1cc(N(C2=CC3C(C=C2c2ccccc2)C(C)(C)CCC3(C)C)c2cc3c(o2)C(C)(C)CCC3(C)C)cc(N(c2ccc3c(c2)C(C)(C)CCC3(C)C)c2ccc3c(c2)C2(C)CCC3(C)CC2)c1. The molecular formula is C67H84N2O. The number of benzene rings is 4. The highest BCUT2D eigenvalue weighted by Gasteiger charge is 2.50. The second kappa shape index (κ2) is 15.6. The minimum atomic E-state index is -0.0722. The maximum atomic E-state index is 7.51. The molecule has 12 rings (SSSR count). The lowest BCUT2D eigenvalue weighted by Gasteiger charge is -2.52. The second-order valence-corrected chi connectivity index (χ2v) is 28.2. The van der Waals surface area contributed by atoms with Crippen LogP contribution in [0.2, 0.25) is 0 Å². The first-order valence-corrected chi connectivity index (χ1v) is 27.4. The molecule has 0 spiro atoms. The maximum absolute atomic E-state index is 7.51. The van der Waals surface area contributed by atoms with Gasteiger partial charge in [0.25, 0.3) is 0 Å². The van der Waals surface area contributed by atoms with E-state index in [9.17, 15) is 0 Å². The number of hydrogen-bond donors (Lipinski definition) is 0. The predicted octanol–water partition coefficient (Wildman–Crippen LogP) is 19.1. The highest BCUT2D eigenvalue weighted by molar-refractivity contribution is 5.90. The van der Waals surface area contributed by atoms with Crippen LogP contribution in [0.4, 0.5) is 28.6 Å². The van der Waals surface area contributed by atoms with E-state index in [1.165, 1.54) is 108 Å². The molecule has 70 heavy (non-hydrogen) atoms. The molecule has 2 fully saturated rings. The molecule has 2 atom stereocenters.